The van der Waals surface area contributed by atoms with Crippen molar-refractivity contribution in [3.8, 4) is 28.4 Å². The Morgan fingerprint density at radius 1 is 0.550 bits per heavy atom. The molecular formula is C60H79Cl2N7O11. The lowest BCUT2D eigenvalue weighted by molar-refractivity contribution is -0.140. The van der Waals surface area contributed by atoms with E-state index in [9.17, 15) is 38.4 Å². The molecule has 434 valence electrons. The predicted octanol–water partition coefficient (Wildman–Crippen LogP) is 7.11. The second-order valence-corrected chi connectivity index (χ2v) is 21.4. The number of para-hydroxylation sites is 1. The first-order chi connectivity index (χ1) is 38.1. The van der Waals surface area contributed by atoms with Crippen molar-refractivity contribution in [3.05, 3.63) is 111 Å². The van der Waals surface area contributed by atoms with E-state index in [1.54, 1.807) is 44.2 Å². The molecule has 80 heavy (non-hydrogen) atoms. The molecule has 0 aliphatic heterocycles. The smallest absolute Gasteiger partial charge is 0.289 e. The fourth-order valence-corrected chi connectivity index (χ4v) is 9.24. The summed E-state index contributed by atoms with van der Waals surface area (Å²) in [5, 5.41) is 16.8. The average Bonchev–Trinajstić information content (AvgIpc) is 3.44. The fourth-order valence-electron chi connectivity index (χ4n) is 8.65. The minimum atomic E-state index is -1.17. The number of benzene rings is 4. The van der Waals surface area contributed by atoms with Gasteiger partial charge < -0.3 is 51.0 Å². The van der Waals surface area contributed by atoms with E-state index in [-0.39, 0.29) is 73.7 Å². The number of carbonyl (C=O) groups excluding carboxylic acids is 8. The zero-order chi connectivity index (χ0) is 59.1. The molecule has 4 atom stereocenters. The highest BCUT2D eigenvalue weighted by molar-refractivity contribution is 6.39. The molecule has 20 heteroatoms. The van der Waals surface area contributed by atoms with Crippen LogP contribution in [0.5, 0.6) is 17.2 Å². The number of aryl methyl sites for hydroxylation is 2. The van der Waals surface area contributed by atoms with Crippen molar-refractivity contribution < 1.29 is 52.6 Å². The van der Waals surface area contributed by atoms with Crippen molar-refractivity contribution in [3.63, 3.8) is 0 Å². The lowest BCUT2D eigenvalue weighted by Crippen LogP contribution is -2.54. The van der Waals surface area contributed by atoms with Crippen LogP contribution in [-0.4, -0.2) is 118 Å². The van der Waals surface area contributed by atoms with Crippen LogP contribution < -0.4 is 46.1 Å². The Hall–Kier alpha value is -7.02. The number of halogens is 2. The molecule has 0 aliphatic carbocycles. The summed E-state index contributed by atoms with van der Waals surface area (Å²) in [5.74, 6) is -4.05. The van der Waals surface area contributed by atoms with E-state index in [2.05, 4.69) is 31.9 Å². The molecule has 0 saturated carbocycles. The summed E-state index contributed by atoms with van der Waals surface area (Å²) in [7, 11) is 6.81. The minimum Gasteiger partial charge on any atom is -0.495 e. The third kappa shape index (κ3) is 20.9. The number of methoxy groups -OCH3 is 2. The Bertz CT molecular complexity index is 2770. The number of nitrogens with zero attached hydrogens (tertiary/aromatic N) is 1. The maximum absolute atomic E-state index is 13.6. The van der Waals surface area contributed by atoms with Gasteiger partial charge >= 0.3 is 0 Å². The van der Waals surface area contributed by atoms with Crippen LogP contribution in [0.1, 0.15) is 102 Å². The molecule has 0 fully saturated rings. The van der Waals surface area contributed by atoms with Crippen LogP contribution >= 0.6 is 23.2 Å². The average molecular weight is 1150 g/mol. The molecule has 0 bridgehead atoms. The van der Waals surface area contributed by atoms with E-state index in [0.29, 0.717) is 53.3 Å². The molecule has 0 aromatic heterocycles. The van der Waals surface area contributed by atoms with Gasteiger partial charge in [0.25, 0.3) is 11.8 Å². The number of Topliss-reactive ketones (excluding diaryl/α,β-unsaturated/α-hetero) is 2. The lowest BCUT2D eigenvalue weighted by atomic mass is 9.98. The van der Waals surface area contributed by atoms with Crippen molar-refractivity contribution >= 4 is 70.2 Å². The van der Waals surface area contributed by atoms with Gasteiger partial charge in [0.2, 0.25) is 35.2 Å². The first-order valence-electron chi connectivity index (χ1n) is 27.0. The Balaban J connectivity index is 1.35. The van der Waals surface area contributed by atoms with E-state index in [1.165, 1.54) is 14.2 Å². The molecule has 0 spiro atoms. The van der Waals surface area contributed by atoms with Crippen molar-refractivity contribution in [2.75, 3.05) is 41.5 Å². The van der Waals surface area contributed by atoms with Gasteiger partial charge in [-0.15, -0.1) is 0 Å². The van der Waals surface area contributed by atoms with Gasteiger partial charge in [-0.1, -0.05) is 113 Å². The second-order valence-electron chi connectivity index (χ2n) is 20.6. The van der Waals surface area contributed by atoms with Crippen molar-refractivity contribution in [1.82, 2.24) is 36.8 Å². The number of rotatable bonds is 33. The largest absolute Gasteiger partial charge is 0.495 e. The van der Waals surface area contributed by atoms with Crippen LogP contribution in [0.4, 0.5) is 0 Å². The lowest BCUT2D eigenvalue weighted by Gasteiger charge is -2.23. The molecule has 0 radical (unpaired) electrons. The van der Waals surface area contributed by atoms with Gasteiger partial charge in [0.15, 0.2) is 0 Å². The molecule has 4 aromatic rings. The van der Waals surface area contributed by atoms with Gasteiger partial charge in [0.05, 0.1) is 36.3 Å². The van der Waals surface area contributed by atoms with E-state index in [4.69, 9.17) is 37.4 Å². The van der Waals surface area contributed by atoms with E-state index >= 15 is 0 Å². The molecule has 18 nitrogen and oxygen atoms in total. The molecule has 0 heterocycles. The number of nitrogens with one attached hydrogen (secondary N) is 6. The first-order valence-corrected chi connectivity index (χ1v) is 27.8. The first kappa shape index (κ1) is 65.5. The molecular weight excluding hydrogens is 1070 g/mol. The number of hydrogen-bond acceptors (Lipinski definition) is 12. The summed E-state index contributed by atoms with van der Waals surface area (Å²) in [4.78, 5) is 109. The van der Waals surface area contributed by atoms with Crippen molar-refractivity contribution in [2.24, 2.45) is 11.8 Å². The van der Waals surface area contributed by atoms with Crippen LogP contribution in [-0.2, 0) is 64.3 Å². The summed E-state index contributed by atoms with van der Waals surface area (Å²) >= 11 is 12.9. The van der Waals surface area contributed by atoms with Gasteiger partial charge in [-0.25, -0.2) is 0 Å². The molecule has 2 unspecified atom stereocenters. The van der Waals surface area contributed by atoms with Gasteiger partial charge in [-0.3, -0.25) is 38.4 Å². The number of ether oxygens (including phenoxy) is 3. The normalized spacial score (nSPS) is 12.6. The molecule has 4 rings (SSSR count). The third-order valence-corrected chi connectivity index (χ3v) is 13.6. The van der Waals surface area contributed by atoms with Crippen LogP contribution in [0.2, 0.25) is 10.0 Å². The minimum absolute atomic E-state index is 0.00823. The van der Waals surface area contributed by atoms with Gasteiger partial charge in [-0.2, -0.15) is 0 Å². The zero-order valence-corrected chi connectivity index (χ0v) is 49.2. The highest BCUT2D eigenvalue weighted by Gasteiger charge is 2.32. The summed E-state index contributed by atoms with van der Waals surface area (Å²) in [6.07, 6.45) is 1.70. The monoisotopic (exact) mass is 1140 g/mol. The topological polar surface area (TPSA) is 240 Å². The Morgan fingerprint density at radius 2 is 1.05 bits per heavy atom. The third-order valence-electron chi connectivity index (χ3n) is 13.0. The number of carbonyl (C=O) groups is 8. The number of amides is 6. The highest BCUT2D eigenvalue weighted by Crippen LogP contribution is 2.35. The predicted molar refractivity (Wildman–Crippen MR) is 309 cm³/mol. The molecule has 4 aromatic carbocycles. The second kappa shape index (κ2) is 32.9. The molecule has 6 amide bonds. The van der Waals surface area contributed by atoms with Gasteiger partial charge in [0.1, 0.15) is 35.9 Å². The summed E-state index contributed by atoms with van der Waals surface area (Å²) in [5.41, 5.74) is 4.13. The zero-order valence-electron chi connectivity index (χ0n) is 47.6. The Labute approximate surface area is 480 Å². The quantitative estimate of drug-likeness (QED) is 0.0262. The maximum atomic E-state index is 13.6. The number of ketones is 2. The summed E-state index contributed by atoms with van der Waals surface area (Å²) in [6, 6.07) is 19.2. The fraction of sp³-hybridized carbons (Fsp3) is 0.467. The number of likely N-dealkylation sites (N-methyl/N-ethyl adjacent to an activating group) is 1. The van der Waals surface area contributed by atoms with Crippen LogP contribution in [0, 0.1) is 11.8 Å². The van der Waals surface area contributed by atoms with Gasteiger partial charge in [-0.05, 0) is 117 Å². The van der Waals surface area contributed by atoms with E-state index < -0.39 is 65.3 Å². The van der Waals surface area contributed by atoms with Crippen molar-refractivity contribution in [1.29, 1.82) is 0 Å². The summed E-state index contributed by atoms with van der Waals surface area (Å²) < 4.78 is 16.7. The SMILES string of the molecule is CCC(NC(=O)[C@H](CC(C)C)NC(=O)CCc1cccc(-c2cc(Cl)c(OC)c(CNC(=O)C(=O)C(CC)NC(=O)[C@H](CC(C)C)NC(=O)CCc3ccc(OCCN(C)C)cc3)c2)c1)C(=O)C(=O)NCc1cccc(Cl)c1OC. The Morgan fingerprint density at radius 3 is 1.55 bits per heavy atom. The van der Waals surface area contributed by atoms with Crippen molar-refractivity contribution in [2.45, 2.75) is 130 Å². The van der Waals surface area contributed by atoms with Crippen LogP contribution in [0.25, 0.3) is 11.1 Å². The number of hydrogen-bond donors (Lipinski definition) is 6. The van der Waals surface area contributed by atoms with E-state index in [0.717, 1.165) is 29.0 Å². The molecule has 6 N–H and O–H groups in total. The standard InChI is InChI=1S/C60H79Cl2N7O11/c1-11-47(53(72)59(76)63-34-41-17-14-18-45(61)55(41)78-9)67-58(75)50(30-37(5)6)66-52(71)26-22-39-15-13-16-40(31-39)42-32-43(56(79-10)46(62)33-42)35-64-60(77)54(73)48(12-2)68-57(74)49(29-36(3)4)65-51(70)25-21-38-19-23-44(24-20-38)80-28-27-69(7)8/h13-20,23-24,31-33,36-37,47-50H,11-12,21-22,25-30,34-35H2,1-10H3,(H,63,76)(H,64,77)(H,65,70)(H,66,71)(H,67,75)(H,68,74)/t47?,48?,49-,50-/m0/s1. The van der Waals surface area contributed by atoms with Crippen LogP contribution in [0.3, 0.4) is 0 Å². The molecule has 0 saturated heterocycles. The van der Waals surface area contributed by atoms with Crippen LogP contribution in [0.15, 0.2) is 78.9 Å². The van der Waals surface area contributed by atoms with Gasteiger partial charge in [0, 0.05) is 43.6 Å². The Kier molecular flexibility index (Phi) is 26.9. The maximum Gasteiger partial charge on any atom is 0.289 e. The van der Waals surface area contributed by atoms with E-state index in [1.807, 2.05) is 95.2 Å². The summed E-state index contributed by atoms with van der Waals surface area (Å²) in [6.45, 7) is 12.1. The molecule has 0 aliphatic rings. The highest BCUT2D eigenvalue weighted by atomic mass is 35.5.